The van der Waals surface area contributed by atoms with Crippen molar-refractivity contribution in [3.63, 3.8) is 0 Å². The van der Waals surface area contributed by atoms with Crippen LogP contribution in [-0.2, 0) is 0 Å². The van der Waals surface area contributed by atoms with Gasteiger partial charge in [-0.1, -0.05) is 121 Å². The first-order valence-corrected chi connectivity index (χ1v) is 17.0. The van der Waals surface area contributed by atoms with Gasteiger partial charge in [-0.25, -0.2) is 9.98 Å². The van der Waals surface area contributed by atoms with E-state index in [1.54, 1.807) is 0 Å². The van der Waals surface area contributed by atoms with Gasteiger partial charge >= 0.3 is 0 Å². The van der Waals surface area contributed by atoms with Crippen LogP contribution in [-0.4, -0.2) is 11.7 Å². The van der Waals surface area contributed by atoms with Gasteiger partial charge in [-0.2, -0.15) is 0 Å². The van der Waals surface area contributed by atoms with Gasteiger partial charge in [0, 0.05) is 54.6 Å². The highest BCUT2D eigenvalue weighted by atomic mass is 16.3. The fourth-order valence-electron chi connectivity index (χ4n) is 7.74. The zero-order valence-electron chi connectivity index (χ0n) is 27.1. The summed E-state index contributed by atoms with van der Waals surface area (Å²) in [6, 6.07) is 51.4. The van der Waals surface area contributed by atoms with Crippen molar-refractivity contribution in [3.05, 3.63) is 168 Å². The minimum Gasteiger partial charge on any atom is -0.456 e. The monoisotopic (exact) mass is 657 g/mol. The molecule has 7 aromatic carbocycles. The number of nitrogens with one attached hydrogen (secondary N) is 1. The van der Waals surface area contributed by atoms with Crippen LogP contribution in [0, 0.1) is 0 Å². The van der Waals surface area contributed by atoms with Gasteiger partial charge in [-0.05, 0) is 35.9 Å². The summed E-state index contributed by atoms with van der Waals surface area (Å²) in [5.41, 5.74) is 9.84. The Labute approximate surface area is 291 Å². The van der Waals surface area contributed by atoms with Crippen molar-refractivity contribution < 1.29 is 13.3 Å². The van der Waals surface area contributed by atoms with E-state index in [0.29, 0.717) is 5.84 Å². The molecule has 3 aromatic heterocycles. The lowest BCUT2D eigenvalue weighted by molar-refractivity contribution is 0.662. The predicted molar refractivity (Wildman–Crippen MR) is 206 cm³/mol. The number of hydrogen-bond donors (Lipinski definition) is 1. The van der Waals surface area contributed by atoms with E-state index in [2.05, 4.69) is 66.0 Å². The van der Waals surface area contributed by atoms with E-state index in [9.17, 15) is 0 Å². The maximum atomic E-state index is 6.57. The highest BCUT2D eigenvalue weighted by Crippen LogP contribution is 2.43. The summed E-state index contributed by atoms with van der Waals surface area (Å²) in [6.45, 7) is 0. The Morgan fingerprint density at radius 2 is 1.00 bits per heavy atom. The Hall–Kier alpha value is -6.92. The fourth-order valence-corrected chi connectivity index (χ4v) is 7.74. The smallest absolute Gasteiger partial charge is 0.160 e. The lowest BCUT2D eigenvalue weighted by Crippen LogP contribution is -2.33. The molecular weight excluding hydrogens is 631 g/mol. The molecule has 10 aromatic rings. The Kier molecular flexibility index (Phi) is 5.92. The average molecular weight is 658 g/mol. The topological polar surface area (TPSA) is 76.2 Å². The second kappa shape index (κ2) is 10.8. The van der Waals surface area contributed by atoms with Crippen LogP contribution in [0.3, 0.4) is 0 Å². The van der Waals surface area contributed by atoms with Crippen LogP contribution in [0.15, 0.2) is 175 Å². The Morgan fingerprint density at radius 1 is 0.431 bits per heavy atom. The van der Waals surface area contributed by atoms with Crippen LogP contribution >= 0.6 is 0 Å². The zero-order chi connectivity index (χ0) is 33.5. The molecule has 11 rings (SSSR count). The van der Waals surface area contributed by atoms with Crippen molar-refractivity contribution >= 4 is 77.5 Å². The predicted octanol–water partition coefficient (Wildman–Crippen LogP) is 11.5. The molecule has 1 aliphatic heterocycles. The van der Waals surface area contributed by atoms with Gasteiger partial charge in [-0.3, -0.25) is 0 Å². The largest absolute Gasteiger partial charge is 0.456 e. The summed E-state index contributed by atoms with van der Waals surface area (Å²) >= 11 is 0. The Balaban J connectivity index is 1.17. The van der Waals surface area contributed by atoms with E-state index in [1.165, 1.54) is 0 Å². The Morgan fingerprint density at radius 3 is 1.82 bits per heavy atom. The summed E-state index contributed by atoms with van der Waals surface area (Å²) in [4.78, 5) is 10.6. The number of para-hydroxylation sites is 3. The number of hydrogen-bond acceptors (Lipinski definition) is 6. The molecule has 0 saturated carbocycles. The average Bonchev–Trinajstić information content (AvgIpc) is 3.89. The quantitative estimate of drug-likeness (QED) is 0.204. The molecule has 6 nitrogen and oxygen atoms in total. The molecule has 4 heterocycles. The third-order valence-electron chi connectivity index (χ3n) is 9.98. The maximum Gasteiger partial charge on any atom is 0.160 e. The van der Waals surface area contributed by atoms with Crippen molar-refractivity contribution in [2.45, 2.75) is 6.17 Å². The molecule has 1 atom stereocenters. The molecule has 6 heteroatoms. The zero-order valence-corrected chi connectivity index (χ0v) is 27.1. The minimum absolute atomic E-state index is 0.436. The normalized spacial score (nSPS) is 14.9. The summed E-state index contributed by atoms with van der Waals surface area (Å²) < 4.78 is 19.4. The summed E-state index contributed by atoms with van der Waals surface area (Å²) in [7, 11) is 0. The molecule has 0 amide bonds. The van der Waals surface area contributed by atoms with Crippen LogP contribution in [0.4, 0.5) is 0 Å². The number of aliphatic imine (C=N–C) groups is 2. The molecule has 0 aliphatic carbocycles. The van der Waals surface area contributed by atoms with Crippen molar-refractivity contribution in [2.75, 3.05) is 0 Å². The van der Waals surface area contributed by atoms with Gasteiger partial charge in [0.2, 0.25) is 0 Å². The standard InChI is InChI=1S/C45H27N3O3/c1-2-12-26(13-3-1)43-46-44(32-19-10-23-36-39(32)31-15-5-7-22-35(31)49-36)48-45(47-43)33-20-11-25-38-41(33)40-28(16-9-24-37(40)50-38)30-18-8-17-29-27-14-4-6-21-34(27)51-42(29)30/h1-25,44H,(H,46,47,48). The number of fused-ring (bicyclic) bond motifs is 9. The molecule has 0 bridgehead atoms. The van der Waals surface area contributed by atoms with Crippen molar-refractivity contribution in [3.8, 4) is 11.1 Å². The highest BCUT2D eigenvalue weighted by molar-refractivity contribution is 6.25. The van der Waals surface area contributed by atoms with E-state index in [-0.39, 0.29) is 0 Å². The SMILES string of the molecule is c1ccc(C2=NC(c3cccc4oc5cccc(-c6cccc7c6oc6ccccc67)c5c34)=NC(c3cccc4oc5ccccc5c34)N2)cc1. The molecule has 1 unspecified atom stereocenters. The lowest BCUT2D eigenvalue weighted by atomic mass is 9.95. The molecule has 1 N–H and O–H groups in total. The molecule has 0 radical (unpaired) electrons. The second-order valence-electron chi connectivity index (χ2n) is 12.9. The maximum absolute atomic E-state index is 6.57. The van der Waals surface area contributed by atoms with Crippen molar-refractivity contribution in [1.82, 2.24) is 5.32 Å². The third kappa shape index (κ3) is 4.23. The van der Waals surface area contributed by atoms with Crippen molar-refractivity contribution in [2.24, 2.45) is 9.98 Å². The van der Waals surface area contributed by atoms with Gasteiger partial charge in [0.1, 0.15) is 45.5 Å². The number of rotatable bonds is 4. The first kappa shape index (κ1) is 28.0. The molecular formula is C45H27N3O3. The molecule has 0 fully saturated rings. The lowest BCUT2D eigenvalue weighted by Gasteiger charge is -2.24. The highest BCUT2D eigenvalue weighted by Gasteiger charge is 2.27. The first-order chi connectivity index (χ1) is 25.3. The van der Waals surface area contributed by atoms with Crippen LogP contribution < -0.4 is 5.32 Å². The van der Waals surface area contributed by atoms with E-state index in [4.69, 9.17) is 23.2 Å². The van der Waals surface area contributed by atoms with Crippen LogP contribution in [0.25, 0.3) is 76.9 Å². The molecule has 0 spiro atoms. The first-order valence-electron chi connectivity index (χ1n) is 17.0. The molecule has 240 valence electrons. The van der Waals surface area contributed by atoms with Crippen LogP contribution in [0.1, 0.15) is 22.9 Å². The number of furan rings is 3. The second-order valence-corrected chi connectivity index (χ2v) is 12.9. The van der Waals surface area contributed by atoms with Crippen molar-refractivity contribution in [1.29, 1.82) is 0 Å². The van der Waals surface area contributed by atoms with E-state index < -0.39 is 6.17 Å². The van der Waals surface area contributed by atoms with Gasteiger partial charge in [0.25, 0.3) is 0 Å². The van der Waals surface area contributed by atoms with Gasteiger partial charge in [0.15, 0.2) is 5.84 Å². The Bertz CT molecular complexity index is 3070. The third-order valence-corrected chi connectivity index (χ3v) is 9.98. The van der Waals surface area contributed by atoms with E-state index in [1.807, 2.05) is 91.0 Å². The summed E-state index contributed by atoms with van der Waals surface area (Å²) in [5, 5.41) is 9.88. The minimum atomic E-state index is -0.436. The van der Waals surface area contributed by atoms with E-state index in [0.717, 1.165) is 99.5 Å². The molecule has 51 heavy (non-hydrogen) atoms. The van der Waals surface area contributed by atoms with Crippen LogP contribution in [0.5, 0.6) is 0 Å². The molecule has 0 saturated heterocycles. The number of benzene rings is 7. The number of nitrogens with zero attached hydrogens (tertiary/aromatic N) is 2. The van der Waals surface area contributed by atoms with Crippen LogP contribution in [0.2, 0.25) is 0 Å². The van der Waals surface area contributed by atoms with Gasteiger partial charge in [-0.15, -0.1) is 0 Å². The number of amidine groups is 2. The summed E-state index contributed by atoms with van der Waals surface area (Å²) in [5.74, 6) is 1.36. The van der Waals surface area contributed by atoms with Gasteiger partial charge < -0.3 is 18.6 Å². The summed E-state index contributed by atoms with van der Waals surface area (Å²) in [6.07, 6.45) is -0.436. The fraction of sp³-hybridized carbons (Fsp3) is 0.0222. The van der Waals surface area contributed by atoms with E-state index >= 15 is 0 Å². The van der Waals surface area contributed by atoms with Gasteiger partial charge in [0.05, 0.1) is 0 Å². The molecule has 1 aliphatic rings.